The monoisotopic (exact) mass is 373 g/mol. The molecule has 0 radical (unpaired) electrons. The third kappa shape index (κ3) is 4.53. The van der Waals surface area contributed by atoms with E-state index < -0.39 is 6.09 Å². The van der Waals surface area contributed by atoms with Crippen LogP contribution < -0.4 is 10.1 Å². The molecule has 0 bridgehead atoms. The second-order valence-corrected chi connectivity index (χ2v) is 5.77. The van der Waals surface area contributed by atoms with Gasteiger partial charge in [-0.25, -0.2) is 4.79 Å². The summed E-state index contributed by atoms with van der Waals surface area (Å²) in [6, 6.07) is 4.80. The molecule has 9 heteroatoms. The summed E-state index contributed by atoms with van der Waals surface area (Å²) in [5.41, 5.74) is 1.10. The Hall–Kier alpha value is -1.96. The molecule has 3 N–H and O–H groups in total. The second kappa shape index (κ2) is 8.23. The van der Waals surface area contributed by atoms with Gasteiger partial charge in [-0.3, -0.25) is 4.68 Å². The predicted molar refractivity (Wildman–Crippen MR) is 90.1 cm³/mol. The number of rotatable bonds is 7. The van der Waals surface area contributed by atoms with Gasteiger partial charge >= 0.3 is 6.09 Å². The Balaban J connectivity index is 2.30. The number of ether oxygens (including phenoxy) is 1. The Kier molecular flexibility index (Phi) is 6.30. The number of benzene rings is 1. The average Bonchev–Trinajstić information content (AvgIpc) is 2.82. The topological polar surface area (TPSA) is 96.6 Å². The van der Waals surface area contributed by atoms with Crippen LogP contribution in [0.4, 0.5) is 4.79 Å². The lowest BCUT2D eigenvalue weighted by molar-refractivity contribution is 0.193. The molecule has 0 spiro atoms. The Labute approximate surface area is 148 Å². The highest BCUT2D eigenvalue weighted by Gasteiger charge is 2.19. The maximum atomic E-state index is 10.5. The Morgan fingerprint density at radius 2 is 2.00 bits per heavy atom. The van der Waals surface area contributed by atoms with Gasteiger partial charge in [-0.1, -0.05) is 30.1 Å². The molecule has 0 saturated heterocycles. The van der Waals surface area contributed by atoms with E-state index in [9.17, 15) is 9.90 Å². The van der Waals surface area contributed by atoms with E-state index >= 15 is 0 Å². The molecule has 1 heterocycles. The smallest absolute Gasteiger partial charge is 0.404 e. The van der Waals surface area contributed by atoms with Gasteiger partial charge in [0, 0.05) is 16.6 Å². The zero-order valence-electron chi connectivity index (χ0n) is 12.9. The van der Waals surface area contributed by atoms with E-state index in [1.165, 1.54) is 4.68 Å². The fourth-order valence-electron chi connectivity index (χ4n) is 2.20. The molecule has 0 unspecified atom stereocenters. The van der Waals surface area contributed by atoms with E-state index in [2.05, 4.69) is 10.4 Å². The van der Waals surface area contributed by atoms with Gasteiger partial charge in [-0.15, -0.1) is 0 Å². The number of nitrogens with zero attached hydrogens (tertiary/aromatic N) is 2. The molecule has 0 fully saturated rings. The quantitative estimate of drug-likeness (QED) is 0.691. The first-order chi connectivity index (χ1) is 11.4. The van der Waals surface area contributed by atoms with Crippen LogP contribution in [0.15, 0.2) is 18.2 Å². The highest BCUT2D eigenvalue weighted by molar-refractivity contribution is 6.34. The molecule has 1 aromatic heterocycles. The molecule has 7 nitrogen and oxygen atoms in total. The maximum Gasteiger partial charge on any atom is 0.404 e. The SMILES string of the molecule is CCc1nn(CCNC(=O)O)c(CO)c1Oc1cc(Cl)cc(Cl)c1. The highest BCUT2D eigenvalue weighted by atomic mass is 35.5. The summed E-state index contributed by atoms with van der Waals surface area (Å²) in [7, 11) is 0. The summed E-state index contributed by atoms with van der Waals surface area (Å²) in [6.45, 7) is 2.04. The van der Waals surface area contributed by atoms with E-state index in [1.54, 1.807) is 18.2 Å². The summed E-state index contributed by atoms with van der Waals surface area (Å²) in [5.74, 6) is 0.855. The zero-order chi connectivity index (χ0) is 17.7. The van der Waals surface area contributed by atoms with Crippen LogP contribution in [0.2, 0.25) is 10.0 Å². The van der Waals surface area contributed by atoms with Crippen molar-refractivity contribution < 1.29 is 19.7 Å². The van der Waals surface area contributed by atoms with Crippen LogP contribution in [0.3, 0.4) is 0 Å². The predicted octanol–water partition coefficient (Wildman–Crippen LogP) is 3.30. The Morgan fingerprint density at radius 3 is 2.54 bits per heavy atom. The summed E-state index contributed by atoms with van der Waals surface area (Å²) < 4.78 is 7.37. The van der Waals surface area contributed by atoms with E-state index in [-0.39, 0.29) is 19.7 Å². The van der Waals surface area contributed by atoms with Crippen LogP contribution in [0.5, 0.6) is 11.5 Å². The summed E-state index contributed by atoms with van der Waals surface area (Å²) in [5, 5.41) is 25.8. The third-order valence-electron chi connectivity index (χ3n) is 3.22. The number of amides is 1. The number of aromatic nitrogens is 2. The van der Waals surface area contributed by atoms with E-state index in [0.29, 0.717) is 39.4 Å². The van der Waals surface area contributed by atoms with Crippen LogP contribution in [0.1, 0.15) is 18.3 Å². The van der Waals surface area contributed by atoms with Gasteiger partial charge < -0.3 is 20.3 Å². The van der Waals surface area contributed by atoms with Crippen LogP contribution in [-0.2, 0) is 19.6 Å². The Morgan fingerprint density at radius 1 is 1.33 bits per heavy atom. The lowest BCUT2D eigenvalue weighted by atomic mass is 10.2. The van der Waals surface area contributed by atoms with Crippen LogP contribution in [0, 0.1) is 0 Å². The van der Waals surface area contributed by atoms with Crippen molar-refractivity contribution in [3.63, 3.8) is 0 Å². The molecular weight excluding hydrogens is 357 g/mol. The number of carboxylic acid groups (broad SMARTS) is 1. The second-order valence-electron chi connectivity index (χ2n) is 4.90. The normalized spacial score (nSPS) is 10.7. The molecule has 0 aliphatic heterocycles. The third-order valence-corrected chi connectivity index (χ3v) is 3.65. The summed E-state index contributed by atoms with van der Waals surface area (Å²) in [4.78, 5) is 10.5. The van der Waals surface area contributed by atoms with Crippen molar-refractivity contribution in [3.8, 4) is 11.5 Å². The molecule has 2 aromatic rings. The molecular formula is C15H17Cl2N3O4. The van der Waals surface area contributed by atoms with E-state index in [4.69, 9.17) is 33.0 Å². The Bertz CT molecular complexity index is 713. The van der Waals surface area contributed by atoms with Gasteiger partial charge in [0.25, 0.3) is 0 Å². The summed E-state index contributed by atoms with van der Waals surface area (Å²) >= 11 is 11.9. The van der Waals surface area contributed by atoms with Crippen LogP contribution in [0.25, 0.3) is 0 Å². The first-order valence-electron chi connectivity index (χ1n) is 7.24. The lowest BCUT2D eigenvalue weighted by Crippen LogP contribution is -2.26. The minimum Gasteiger partial charge on any atom is -0.465 e. The van der Waals surface area contributed by atoms with E-state index in [1.807, 2.05) is 6.92 Å². The molecule has 0 atom stereocenters. The standard InChI is InChI=1S/C15H17Cl2N3O4/c1-2-12-14(24-11-6-9(16)5-10(17)7-11)13(8-21)20(19-12)4-3-18-15(22)23/h5-7,18,21H,2-4,8H2,1H3,(H,22,23). The number of hydrogen-bond acceptors (Lipinski definition) is 4. The van der Waals surface area contributed by atoms with Crippen molar-refractivity contribution in [2.45, 2.75) is 26.5 Å². The maximum absolute atomic E-state index is 10.5. The molecule has 24 heavy (non-hydrogen) atoms. The molecule has 1 amide bonds. The number of halogens is 2. The minimum absolute atomic E-state index is 0.162. The van der Waals surface area contributed by atoms with Gasteiger partial charge in [0.1, 0.15) is 17.1 Å². The van der Waals surface area contributed by atoms with E-state index in [0.717, 1.165) is 0 Å². The van der Waals surface area contributed by atoms with Crippen molar-refractivity contribution in [2.75, 3.05) is 6.54 Å². The van der Waals surface area contributed by atoms with Crippen molar-refractivity contribution >= 4 is 29.3 Å². The molecule has 0 aliphatic rings. The van der Waals surface area contributed by atoms with Crippen molar-refractivity contribution in [1.82, 2.24) is 15.1 Å². The van der Waals surface area contributed by atoms with Gasteiger partial charge in [0.05, 0.1) is 13.2 Å². The number of aliphatic hydroxyl groups is 1. The van der Waals surface area contributed by atoms with Crippen molar-refractivity contribution in [1.29, 1.82) is 0 Å². The number of carbonyl (C=O) groups is 1. The fraction of sp³-hybridized carbons (Fsp3) is 0.333. The molecule has 2 rings (SSSR count). The number of hydrogen-bond donors (Lipinski definition) is 3. The molecule has 0 aliphatic carbocycles. The van der Waals surface area contributed by atoms with Gasteiger partial charge in [-0.2, -0.15) is 5.10 Å². The lowest BCUT2D eigenvalue weighted by Gasteiger charge is -2.09. The van der Waals surface area contributed by atoms with Crippen molar-refractivity contribution in [2.24, 2.45) is 0 Å². The average molecular weight is 374 g/mol. The fourth-order valence-corrected chi connectivity index (χ4v) is 2.70. The molecule has 130 valence electrons. The number of aryl methyl sites for hydroxylation is 1. The van der Waals surface area contributed by atoms with Gasteiger partial charge in [0.2, 0.25) is 0 Å². The summed E-state index contributed by atoms with van der Waals surface area (Å²) in [6.07, 6.45) is -0.538. The molecule has 0 saturated carbocycles. The van der Waals surface area contributed by atoms with Crippen LogP contribution in [-0.4, -0.2) is 32.6 Å². The first kappa shape index (κ1) is 18.4. The largest absolute Gasteiger partial charge is 0.465 e. The zero-order valence-corrected chi connectivity index (χ0v) is 14.4. The van der Waals surface area contributed by atoms with Crippen LogP contribution >= 0.6 is 23.2 Å². The first-order valence-corrected chi connectivity index (χ1v) is 8.00. The number of aliphatic hydroxyl groups excluding tert-OH is 1. The van der Waals surface area contributed by atoms with Crippen molar-refractivity contribution in [3.05, 3.63) is 39.6 Å². The highest BCUT2D eigenvalue weighted by Crippen LogP contribution is 2.33. The number of nitrogens with one attached hydrogen (secondary N) is 1. The van der Waals surface area contributed by atoms with Gasteiger partial charge in [0.15, 0.2) is 5.75 Å². The minimum atomic E-state index is -1.12. The van der Waals surface area contributed by atoms with Gasteiger partial charge in [-0.05, 0) is 24.6 Å². The molecule has 1 aromatic carbocycles.